The van der Waals surface area contributed by atoms with Crippen molar-refractivity contribution < 1.29 is 9.47 Å². The Bertz CT molecular complexity index is 983. The average molecular weight is 501 g/mol. The fourth-order valence-corrected chi connectivity index (χ4v) is 3.80. The molecule has 0 saturated carbocycles. The van der Waals surface area contributed by atoms with Crippen LogP contribution in [0.25, 0.3) is 0 Å². The molecule has 1 unspecified atom stereocenters. The van der Waals surface area contributed by atoms with Crippen LogP contribution in [0.2, 0.25) is 15.1 Å². The van der Waals surface area contributed by atoms with Crippen molar-refractivity contribution in [3.8, 4) is 11.5 Å². The molecule has 3 nitrogen and oxygen atoms in total. The molecule has 0 aliphatic heterocycles. The third kappa shape index (κ3) is 7.20. The lowest BCUT2D eigenvalue weighted by atomic mass is 10.1. The zero-order valence-corrected chi connectivity index (χ0v) is 20.4. The summed E-state index contributed by atoms with van der Waals surface area (Å²) in [5, 5.41) is 5.14. The van der Waals surface area contributed by atoms with Gasteiger partial charge in [0.05, 0.1) is 11.6 Å². The van der Waals surface area contributed by atoms with Gasteiger partial charge in [-0.15, -0.1) is 12.4 Å². The highest BCUT2D eigenvalue weighted by Crippen LogP contribution is 2.38. The van der Waals surface area contributed by atoms with E-state index in [2.05, 4.69) is 24.4 Å². The van der Waals surface area contributed by atoms with Gasteiger partial charge >= 0.3 is 0 Å². The summed E-state index contributed by atoms with van der Waals surface area (Å²) in [7, 11) is 0. The molecule has 0 fully saturated rings. The monoisotopic (exact) mass is 499 g/mol. The molecule has 0 saturated heterocycles. The van der Waals surface area contributed by atoms with Gasteiger partial charge in [0, 0.05) is 28.2 Å². The fraction of sp³-hybridized carbons (Fsp3) is 0.250. The Hall–Kier alpha value is -1.62. The molecular weight excluding hydrogens is 476 g/mol. The van der Waals surface area contributed by atoms with Gasteiger partial charge in [-0.25, -0.2) is 0 Å². The van der Waals surface area contributed by atoms with E-state index >= 15 is 0 Å². The van der Waals surface area contributed by atoms with Crippen molar-refractivity contribution in [2.75, 3.05) is 6.61 Å². The van der Waals surface area contributed by atoms with Gasteiger partial charge in [0.2, 0.25) is 0 Å². The number of benzene rings is 3. The second-order valence-corrected chi connectivity index (χ2v) is 8.13. The second-order valence-electron chi connectivity index (χ2n) is 6.88. The standard InChI is InChI=1S/C24H24Cl3NO2.ClH/c1-3-29-23-12-17(14-28-16(2)18-7-5-4-6-8-18)11-22(27)24(23)30-15-19-9-10-20(25)13-21(19)26;/h4-13,16,28H,3,14-15H2,1-2H3;1H. The second kappa shape index (κ2) is 12.4. The minimum absolute atomic E-state index is 0. The quantitative estimate of drug-likeness (QED) is 0.324. The van der Waals surface area contributed by atoms with E-state index in [1.807, 2.05) is 43.3 Å². The van der Waals surface area contributed by atoms with Crippen molar-refractivity contribution in [1.82, 2.24) is 5.32 Å². The lowest BCUT2D eigenvalue weighted by molar-refractivity contribution is 0.269. The van der Waals surface area contributed by atoms with Crippen molar-refractivity contribution >= 4 is 47.2 Å². The van der Waals surface area contributed by atoms with Gasteiger partial charge in [-0.3, -0.25) is 0 Å². The molecule has 0 spiro atoms. The van der Waals surface area contributed by atoms with Crippen LogP contribution in [0.15, 0.2) is 60.7 Å². The van der Waals surface area contributed by atoms with Gasteiger partial charge in [-0.05, 0) is 49.2 Å². The molecule has 31 heavy (non-hydrogen) atoms. The molecule has 1 atom stereocenters. The highest BCUT2D eigenvalue weighted by molar-refractivity contribution is 6.35. The molecule has 3 aromatic carbocycles. The first-order valence-electron chi connectivity index (χ1n) is 9.78. The van der Waals surface area contributed by atoms with Gasteiger partial charge in [-0.2, -0.15) is 0 Å². The highest BCUT2D eigenvalue weighted by atomic mass is 35.5. The van der Waals surface area contributed by atoms with Crippen LogP contribution in [0.5, 0.6) is 11.5 Å². The summed E-state index contributed by atoms with van der Waals surface area (Å²) in [4.78, 5) is 0. The normalized spacial score (nSPS) is 11.5. The van der Waals surface area contributed by atoms with Crippen LogP contribution in [0, 0.1) is 0 Å². The molecule has 1 N–H and O–H groups in total. The molecule has 0 heterocycles. The van der Waals surface area contributed by atoms with Crippen molar-refractivity contribution in [1.29, 1.82) is 0 Å². The number of ether oxygens (including phenoxy) is 2. The largest absolute Gasteiger partial charge is 0.490 e. The van der Waals surface area contributed by atoms with E-state index in [9.17, 15) is 0 Å². The van der Waals surface area contributed by atoms with E-state index in [-0.39, 0.29) is 25.1 Å². The predicted molar refractivity (Wildman–Crippen MR) is 132 cm³/mol. The van der Waals surface area contributed by atoms with Crippen molar-refractivity contribution in [3.05, 3.63) is 92.4 Å². The Labute approximate surface area is 205 Å². The smallest absolute Gasteiger partial charge is 0.180 e. The first-order valence-corrected chi connectivity index (χ1v) is 10.9. The number of hydrogen-bond donors (Lipinski definition) is 1. The molecule has 3 aromatic rings. The summed E-state index contributed by atoms with van der Waals surface area (Å²) in [5.74, 6) is 1.11. The van der Waals surface area contributed by atoms with Crippen LogP contribution in [0.4, 0.5) is 0 Å². The molecular formula is C24H25Cl4NO2. The maximum Gasteiger partial charge on any atom is 0.180 e. The maximum atomic E-state index is 6.55. The summed E-state index contributed by atoms with van der Waals surface area (Å²) in [6, 6.07) is 19.7. The number of nitrogens with one attached hydrogen (secondary N) is 1. The zero-order valence-electron chi connectivity index (χ0n) is 17.3. The van der Waals surface area contributed by atoms with Crippen LogP contribution in [0.3, 0.4) is 0 Å². The Morgan fingerprint density at radius 3 is 2.32 bits per heavy atom. The summed E-state index contributed by atoms with van der Waals surface area (Å²) in [6.07, 6.45) is 0. The molecule has 3 rings (SSSR count). The molecule has 0 amide bonds. The minimum Gasteiger partial charge on any atom is -0.490 e. The van der Waals surface area contributed by atoms with E-state index in [4.69, 9.17) is 44.3 Å². The molecule has 0 radical (unpaired) electrons. The first-order chi connectivity index (χ1) is 14.5. The van der Waals surface area contributed by atoms with Gasteiger partial charge in [0.15, 0.2) is 11.5 Å². The van der Waals surface area contributed by atoms with Crippen LogP contribution >= 0.6 is 47.2 Å². The van der Waals surface area contributed by atoms with Crippen molar-refractivity contribution in [2.24, 2.45) is 0 Å². The van der Waals surface area contributed by atoms with Gasteiger partial charge in [0.1, 0.15) is 6.61 Å². The Morgan fingerprint density at radius 2 is 1.65 bits per heavy atom. The summed E-state index contributed by atoms with van der Waals surface area (Å²) in [5.41, 5.74) is 3.07. The van der Waals surface area contributed by atoms with Gasteiger partial charge in [-0.1, -0.05) is 71.2 Å². The lowest BCUT2D eigenvalue weighted by Crippen LogP contribution is -2.18. The molecule has 0 aliphatic carbocycles. The average Bonchev–Trinajstić information content (AvgIpc) is 2.73. The Morgan fingerprint density at radius 1 is 0.903 bits per heavy atom. The molecule has 0 aromatic heterocycles. The third-order valence-corrected chi connectivity index (χ3v) is 5.54. The van der Waals surface area contributed by atoms with Crippen LogP contribution in [0.1, 0.15) is 36.6 Å². The predicted octanol–water partition coefficient (Wildman–Crippen LogP) is 7.90. The van der Waals surface area contributed by atoms with E-state index < -0.39 is 0 Å². The third-order valence-electron chi connectivity index (χ3n) is 4.67. The van der Waals surface area contributed by atoms with Crippen molar-refractivity contribution in [3.63, 3.8) is 0 Å². The van der Waals surface area contributed by atoms with Crippen LogP contribution < -0.4 is 14.8 Å². The highest BCUT2D eigenvalue weighted by Gasteiger charge is 2.15. The molecule has 166 valence electrons. The van der Waals surface area contributed by atoms with Gasteiger partial charge < -0.3 is 14.8 Å². The number of halogens is 4. The molecule has 0 bridgehead atoms. The maximum absolute atomic E-state index is 6.55. The van der Waals surface area contributed by atoms with Gasteiger partial charge in [0.25, 0.3) is 0 Å². The van der Waals surface area contributed by atoms with E-state index in [1.165, 1.54) is 5.56 Å². The van der Waals surface area contributed by atoms with Crippen LogP contribution in [-0.2, 0) is 13.2 Å². The summed E-state index contributed by atoms with van der Waals surface area (Å²) < 4.78 is 11.8. The van der Waals surface area contributed by atoms with Crippen LogP contribution in [-0.4, -0.2) is 6.61 Å². The summed E-state index contributed by atoms with van der Waals surface area (Å²) >= 11 is 18.8. The minimum atomic E-state index is 0. The number of hydrogen-bond acceptors (Lipinski definition) is 3. The number of rotatable bonds is 9. The lowest BCUT2D eigenvalue weighted by Gasteiger charge is -2.18. The molecule has 7 heteroatoms. The first kappa shape index (κ1) is 25.6. The van der Waals surface area contributed by atoms with E-state index in [0.717, 1.165) is 11.1 Å². The summed E-state index contributed by atoms with van der Waals surface area (Å²) in [6.45, 7) is 5.48. The Kier molecular flexibility index (Phi) is 10.3. The SMILES string of the molecule is CCOc1cc(CNC(C)c2ccccc2)cc(Cl)c1OCc1ccc(Cl)cc1Cl.Cl. The van der Waals surface area contributed by atoms with E-state index in [0.29, 0.717) is 39.7 Å². The zero-order chi connectivity index (χ0) is 21.5. The van der Waals surface area contributed by atoms with Crippen molar-refractivity contribution in [2.45, 2.75) is 33.0 Å². The topological polar surface area (TPSA) is 30.5 Å². The van der Waals surface area contributed by atoms with E-state index in [1.54, 1.807) is 12.1 Å². The Balaban J connectivity index is 0.00000341. The molecule has 0 aliphatic rings. The fourth-order valence-electron chi connectivity index (χ4n) is 3.05.